The van der Waals surface area contributed by atoms with Gasteiger partial charge in [0, 0.05) is 12.0 Å². The summed E-state index contributed by atoms with van der Waals surface area (Å²) in [4.78, 5) is 23.4. The number of hydrogen-bond donors (Lipinski definition) is 2. The van der Waals surface area contributed by atoms with Crippen LogP contribution in [0, 0.1) is 5.92 Å². The number of aryl methyl sites for hydroxylation is 1. The molecule has 1 fully saturated rings. The lowest BCUT2D eigenvalue weighted by Crippen LogP contribution is -2.29. The Labute approximate surface area is 140 Å². The van der Waals surface area contributed by atoms with Gasteiger partial charge in [0.1, 0.15) is 0 Å². The molecule has 0 heterocycles. The number of benzene rings is 2. The number of rotatable bonds is 4. The van der Waals surface area contributed by atoms with Gasteiger partial charge in [-0.15, -0.1) is 0 Å². The van der Waals surface area contributed by atoms with Crippen LogP contribution < -0.4 is 5.32 Å². The SMILES string of the molecule is O=C(Cc1cccc(C(=O)O)c1)NC1C2CCc3ccccc3C21. The van der Waals surface area contributed by atoms with Crippen LogP contribution in [0.3, 0.4) is 0 Å². The van der Waals surface area contributed by atoms with E-state index in [9.17, 15) is 9.59 Å². The van der Waals surface area contributed by atoms with Gasteiger partial charge >= 0.3 is 5.97 Å². The summed E-state index contributed by atoms with van der Waals surface area (Å²) in [7, 11) is 0. The zero-order chi connectivity index (χ0) is 16.7. The molecule has 1 amide bonds. The van der Waals surface area contributed by atoms with Crippen LogP contribution in [-0.2, 0) is 17.6 Å². The Morgan fingerprint density at radius 3 is 2.79 bits per heavy atom. The lowest BCUT2D eigenvalue weighted by Gasteiger charge is -2.13. The second kappa shape index (κ2) is 5.78. The van der Waals surface area contributed by atoms with Crippen LogP contribution in [0.25, 0.3) is 0 Å². The largest absolute Gasteiger partial charge is 0.478 e. The molecule has 0 bridgehead atoms. The maximum absolute atomic E-state index is 12.3. The van der Waals surface area contributed by atoms with Gasteiger partial charge in [0.05, 0.1) is 12.0 Å². The van der Waals surface area contributed by atoms with Crippen LogP contribution in [0.4, 0.5) is 0 Å². The molecule has 1 saturated carbocycles. The Bertz CT molecular complexity index is 814. The van der Waals surface area contributed by atoms with Crippen LogP contribution in [0.2, 0.25) is 0 Å². The standard InChI is InChI=1S/C20H19NO3/c22-17(11-12-4-3-6-14(10-12)20(23)24)21-19-16-9-8-13-5-1-2-7-15(13)18(16)19/h1-7,10,16,18-19H,8-9,11H2,(H,21,22)(H,23,24). The van der Waals surface area contributed by atoms with Crippen molar-refractivity contribution >= 4 is 11.9 Å². The number of carboxylic acids is 1. The molecule has 0 aliphatic heterocycles. The van der Waals surface area contributed by atoms with Crippen molar-refractivity contribution in [1.29, 1.82) is 0 Å². The van der Waals surface area contributed by atoms with Crippen molar-refractivity contribution in [3.8, 4) is 0 Å². The quantitative estimate of drug-likeness (QED) is 0.910. The molecule has 0 spiro atoms. The molecule has 0 radical (unpaired) electrons. The first-order chi connectivity index (χ1) is 11.6. The summed E-state index contributed by atoms with van der Waals surface area (Å²) in [6, 6.07) is 15.3. The minimum absolute atomic E-state index is 0.0329. The second-order valence-corrected chi connectivity index (χ2v) is 6.70. The Kier molecular flexibility index (Phi) is 3.60. The smallest absolute Gasteiger partial charge is 0.335 e. The van der Waals surface area contributed by atoms with E-state index in [0.29, 0.717) is 11.8 Å². The molecule has 4 heteroatoms. The highest BCUT2D eigenvalue weighted by Crippen LogP contribution is 2.54. The van der Waals surface area contributed by atoms with Crippen LogP contribution >= 0.6 is 0 Å². The minimum Gasteiger partial charge on any atom is -0.478 e. The molecule has 4 rings (SSSR count). The number of fused-ring (bicyclic) bond motifs is 3. The van der Waals surface area contributed by atoms with Crippen molar-refractivity contribution in [2.75, 3.05) is 0 Å². The van der Waals surface area contributed by atoms with Gasteiger partial charge in [-0.1, -0.05) is 36.4 Å². The number of nitrogens with one attached hydrogen (secondary N) is 1. The van der Waals surface area contributed by atoms with E-state index in [-0.39, 0.29) is 23.9 Å². The number of carbonyl (C=O) groups excluding carboxylic acids is 1. The number of carboxylic acid groups (broad SMARTS) is 1. The van der Waals surface area contributed by atoms with E-state index in [1.54, 1.807) is 18.2 Å². The molecular weight excluding hydrogens is 302 g/mol. The summed E-state index contributed by atoms with van der Waals surface area (Å²) < 4.78 is 0. The average molecular weight is 321 g/mol. The van der Waals surface area contributed by atoms with Crippen LogP contribution in [0.5, 0.6) is 0 Å². The molecule has 4 nitrogen and oxygen atoms in total. The fourth-order valence-corrected chi connectivity index (χ4v) is 4.00. The van der Waals surface area contributed by atoms with Crippen molar-refractivity contribution < 1.29 is 14.7 Å². The van der Waals surface area contributed by atoms with Gasteiger partial charge in [0.25, 0.3) is 0 Å². The molecule has 0 aromatic heterocycles. The maximum atomic E-state index is 12.3. The van der Waals surface area contributed by atoms with Gasteiger partial charge in [-0.25, -0.2) is 4.79 Å². The molecule has 2 aromatic rings. The van der Waals surface area contributed by atoms with Gasteiger partial charge in [-0.3, -0.25) is 4.79 Å². The van der Waals surface area contributed by atoms with Crippen molar-refractivity contribution in [1.82, 2.24) is 5.32 Å². The predicted molar refractivity (Wildman–Crippen MR) is 90.0 cm³/mol. The van der Waals surface area contributed by atoms with Gasteiger partial charge in [-0.05, 0) is 47.6 Å². The highest BCUT2D eigenvalue weighted by molar-refractivity contribution is 5.88. The number of hydrogen-bond acceptors (Lipinski definition) is 2. The van der Waals surface area contributed by atoms with E-state index in [4.69, 9.17) is 5.11 Å². The molecule has 2 N–H and O–H groups in total. The summed E-state index contributed by atoms with van der Waals surface area (Å²) in [6.07, 6.45) is 2.43. The first kappa shape index (κ1) is 14.9. The molecular formula is C20H19NO3. The van der Waals surface area contributed by atoms with Gasteiger partial charge in [-0.2, -0.15) is 0 Å². The third-order valence-electron chi connectivity index (χ3n) is 5.20. The number of aromatic carboxylic acids is 1. The van der Waals surface area contributed by atoms with Crippen molar-refractivity contribution in [3.63, 3.8) is 0 Å². The van der Waals surface area contributed by atoms with Crippen molar-refractivity contribution in [2.45, 2.75) is 31.2 Å². The zero-order valence-corrected chi connectivity index (χ0v) is 13.2. The monoisotopic (exact) mass is 321 g/mol. The number of carbonyl (C=O) groups is 2. The summed E-state index contributed by atoms with van der Waals surface area (Å²) in [6.45, 7) is 0. The van der Waals surface area contributed by atoms with Crippen molar-refractivity contribution in [3.05, 3.63) is 70.8 Å². The van der Waals surface area contributed by atoms with Crippen LogP contribution in [-0.4, -0.2) is 23.0 Å². The summed E-state index contributed by atoms with van der Waals surface area (Å²) >= 11 is 0. The third kappa shape index (κ3) is 2.68. The zero-order valence-electron chi connectivity index (χ0n) is 13.2. The second-order valence-electron chi connectivity index (χ2n) is 6.70. The van der Waals surface area contributed by atoms with E-state index < -0.39 is 5.97 Å². The van der Waals surface area contributed by atoms with E-state index in [0.717, 1.165) is 18.4 Å². The van der Waals surface area contributed by atoms with Crippen LogP contribution in [0.1, 0.15) is 39.4 Å². The lowest BCUT2D eigenvalue weighted by atomic mass is 9.92. The normalized spacial score (nSPS) is 23.8. The third-order valence-corrected chi connectivity index (χ3v) is 5.20. The first-order valence-corrected chi connectivity index (χ1v) is 8.33. The molecule has 2 aliphatic carbocycles. The Morgan fingerprint density at radius 1 is 1.12 bits per heavy atom. The molecule has 2 aliphatic rings. The molecule has 24 heavy (non-hydrogen) atoms. The average Bonchev–Trinajstić information content (AvgIpc) is 3.28. The first-order valence-electron chi connectivity index (χ1n) is 8.33. The molecule has 0 saturated heterocycles. The fraction of sp³-hybridized carbons (Fsp3) is 0.300. The Balaban J connectivity index is 1.42. The van der Waals surface area contributed by atoms with Gasteiger partial charge < -0.3 is 10.4 Å². The summed E-state index contributed by atoms with van der Waals surface area (Å²) in [5.41, 5.74) is 3.74. The Morgan fingerprint density at radius 2 is 1.96 bits per heavy atom. The number of amides is 1. The molecule has 2 aromatic carbocycles. The maximum Gasteiger partial charge on any atom is 0.335 e. The van der Waals surface area contributed by atoms with E-state index in [1.807, 2.05) is 0 Å². The fourth-order valence-electron chi connectivity index (χ4n) is 4.00. The predicted octanol–water partition coefficient (Wildman–Crippen LogP) is 2.77. The highest BCUT2D eigenvalue weighted by atomic mass is 16.4. The highest BCUT2D eigenvalue weighted by Gasteiger charge is 2.53. The van der Waals surface area contributed by atoms with Gasteiger partial charge in [0.2, 0.25) is 5.91 Å². The van der Waals surface area contributed by atoms with E-state index in [2.05, 4.69) is 29.6 Å². The summed E-state index contributed by atoms with van der Waals surface area (Å²) in [5.74, 6) is -0.00467. The molecule has 3 unspecified atom stereocenters. The van der Waals surface area contributed by atoms with Crippen molar-refractivity contribution in [2.24, 2.45) is 5.92 Å². The molecule has 122 valence electrons. The van der Waals surface area contributed by atoms with Crippen LogP contribution in [0.15, 0.2) is 48.5 Å². The minimum atomic E-state index is -0.970. The molecule has 3 atom stereocenters. The van der Waals surface area contributed by atoms with E-state index in [1.165, 1.54) is 17.2 Å². The summed E-state index contributed by atoms with van der Waals surface area (Å²) in [5, 5.41) is 12.2. The Hall–Kier alpha value is -2.62. The van der Waals surface area contributed by atoms with Gasteiger partial charge in [0.15, 0.2) is 0 Å². The topological polar surface area (TPSA) is 66.4 Å². The lowest BCUT2D eigenvalue weighted by molar-refractivity contribution is -0.120. The van der Waals surface area contributed by atoms with E-state index >= 15 is 0 Å².